The van der Waals surface area contributed by atoms with Crippen LogP contribution >= 0.6 is 0 Å². The van der Waals surface area contributed by atoms with E-state index in [1.807, 2.05) is 43.5 Å². The molecule has 94 valence electrons. The maximum Gasteiger partial charge on any atom is 0.323 e. The molecule has 0 aliphatic carbocycles. The number of benzene rings is 1. The standard InChI is InChI=1S/C14H15NO3/c1-10-6-13(15(8-10)9-14(16)17)11-4-3-5-12(7-11)18-2/h3-8H,9H2,1-2H3,(H,16,17). The molecule has 0 atom stereocenters. The third-order valence-corrected chi connectivity index (χ3v) is 2.70. The van der Waals surface area contributed by atoms with Crippen molar-refractivity contribution in [1.82, 2.24) is 4.57 Å². The summed E-state index contributed by atoms with van der Waals surface area (Å²) in [6.45, 7) is 1.91. The quantitative estimate of drug-likeness (QED) is 0.900. The number of hydrogen-bond acceptors (Lipinski definition) is 2. The molecule has 0 radical (unpaired) electrons. The van der Waals surface area contributed by atoms with Crippen LogP contribution in [0.3, 0.4) is 0 Å². The Kier molecular flexibility index (Phi) is 3.37. The zero-order chi connectivity index (χ0) is 13.1. The van der Waals surface area contributed by atoms with Crippen molar-refractivity contribution in [2.24, 2.45) is 0 Å². The summed E-state index contributed by atoms with van der Waals surface area (Å²) in [5.41, 5.74) is 2.87. The molecule has 0 spiro atoms. The van der Waals surface area contributed by atoms with Gasteiger partial charge in [0, 0.05) is 17.5 Å². The molecular formula is C14H15NO3. The van der Waals surface area contributed by atoms with Crippen LogP contribution in [0.4, 0.5) is 0 Å². The Bertz CT molecular complexity index is 572. The average molecular weight is 245 g/mol. The average Bonchev–Trinajstić information content (AvgIpc) is 2.69. The number of rotatable bonds is 4. The van der Waals surface area contributed by atoms with E-state index in [9.17, 15) is 4.79 Å². The number of aryl methyl sites for hydroxylation is 1. The second-order valence-electron chi connectivity index (χ2n) is 4.16. The first-order valence-electron chi connectivity index (χ1n) is 5.63. The Labute approximate surface area is 105 Å². The van der Waals surface area contributed by atoms with E-state index < -0.39 is 5.97 Å². The number of aliphatic carboxylic acids is 1. The van der Waals surface area contributed by atoms with Crippen molar-refractivity contribution in [3.05, 3.63) is 42.1 Å². The number of nitrogens with zero attached hydrogens (tertiary/aromatic N) is 1. The molecule has 4 heteroatoms. The predicted octanol–water partition coefficient (Wildman–Crippen LogP) is 2.56. The number of carboxylic acid groups (broad SMARTS) is 1. The molecule has 0 saturated carbocycles. The summed E-state index contributed by atoms with van der Waals surface area (Å²) in [6.07, 6.45) is 1.84. The number of carboxylic acids is 1. The molecule has 4 nitrogen and oxygen atoms in total. The molecule has 1 heterocycles. The Morgan fingerprint density at radius 1 is 1.39 bits per heavy atom. The van der Waals surface area contributed by atoms with Crippen molar-refractivity contribution in [2.45, 2.75) is 13.5 Å². The summed E-state index contributed by atoms with van der Waals surface area (Å²) in [7, 11) is 1.61. The van der Waals surface area contributed by atoms with Gasteiger partial charge in [0.05, 0.1) is 7.11 Å². The van der Waals surface area contributed by atoms with Gasteiger partial charge >= 0.3 is 5.97 Å². The highest BCUT2D eigenvalue weighted by molar-refractivity contribution is 5.70. The highest BCUT2D eigenvalue weighted by Crippen LogP contribution is 2.25. The van der Waals surface area contributed by atoms with Crippen molar-refractivity contribution >= 4 is 5.97 Å². The maximum absolute atomic E-state index is 10.8. The van der Waals surface area contributed by atoms with Crippen LogP contribution in [-0.2, 0) is 11.3 Å². The molecule has 2 aromatic rings. The lowest BCUT2D eigenvalue weighted by atomic mass is 10.1. The molecule has 18 heavy (non-hydrogen) atoms. The molecule has 0 aliphatic heterocycles. The van der Waals surface area contributed by atoms with Gasteiger partial charge in [-0.15, -0.1) is 0 Å². The van der Waals surface area contributed by atoms with Crippen LogP contribution in [0.25, 0.3) is 11.3 Å². The predicted molar refractivity (Wildman–Crippen MR) is 68.8 cm³/mol. The van der Waals surface area contributed by atoms with Crippen molar-refractivity contribution in [3.63, 3.8) is 0 Å². The van der Waals surface area contributed by atoms with Crippen molar-refractivity contribution in [1.29, 1.82) is 0 Å². The van der Waals surface area contributed by atoms with Crippen LogP contribution in [0.1, 0.15) is 5.56 Å². The van der Waals surface area contributed by atoms with Gasteiger partial charge in [0.25, 0.3) is 0 Å². The van der Waals surface area contributed by atoms with E-state index in [1.165, 1.54) is 0 Å². The number of aromatic nitrogens is 1. The topological polar surface area (TPSA) is 51.5 Å². The SMILES string of the molecule is COc1cccc(-c2cc(C)cn2CC(=O)O)c1. The normalized spacial score (nSPS) is 10.3. The van der Waals surface area contributed by atoms with Crippen LogP contribution in [-0.4, -0.2) is 22.8 Å². The molecular weight excluding hydrogens is 230 g/mol. The molecule has 2 rings (SSSR count). The Balaban J connectivity index is 2.45. The van der Waals surface area contributed by atoms with Gasteiger partial charge in [-0.3, -0.25) is 4.79 Å². The molecule has 0 bridgehead atoms. The van der Waals surface area contributed by atoms with Crippen molar-refractivity contribution < 1.29 is 14.6 Å². The van der Waals surface area contributed by atoms with E-state index in [0.29, 0.717) is 0 Å². The Morgan fingerprint density at radius 2 is 2.17 bits per heavy atom. The van der Waals surface area contributed by atoms with Crippen LogP contribution < -0.4 is 4.74 Å². The fourth-order valence-corrected chi connectivity index (χ4v) is 1.96. The first-order valence-corrected chi connectivity index (χ1v) is 5.63. The molecule has 0 unspecified atom stereocenters. The molecule has 1 aromatic heterocycles. The summed E-state index contributed by atoms with van der Waals surface area (Å²) in [5.74, 6) is -0.0945. The largest absolute Gasteiger partial charge is 0.497 e. The molecule has 1 aromatic carbocycles. The summed E-state index contributed by atoms with van der Waals surface area (Å²) >= 11 is 0. The second kappa shape index (κ2) is 4.96. The van der Waals surface area contributed by atoms with E-state index in [1.54, 1.807) is 11.7 Å². The lowest BCUT2D eigenvalue weighted by Gasteiger charge is -2.08. The first kappa shape index (κ1) is 12.2. The number of methoxy groups -OCH3 is 1. The van der Waals surface area contributed by atoms with Gasteiger partial charge in [0.1, 0.15) is 12.3 Å². The van der Waals surface area contributed by atoms with E-state index in [4.69, 9.17) is 9.84 Å². The van der Waals surface area contributed by atoms with Gasteiger partial charge in [0.2, 0.25) is 0 Å². The van der Waals surface area contributed by atoms with E-state index in [-0.39, 0.29) is 6.54 Å². The highest BCUT2D eigenvalue weighted by Gasteiger charge is 2.09. The zero-order valence-corrected chi connectivity index (χ0v) is 10.4. The lowest BCUT2D eigenvalue weighted by molar-refractivity contribution is -0.137. The highest BCUT2D eigenvalue weighted by atomic mass is 16.5. The second-order valence-corrected chi connectivity index (χ2v) is 4.16. The Morgan fingerprint density at radius 3 is 2.83 bits per heavy atom. The van der Waals surface area contributed by atoms with Crippen LogP contribution in [0.5, 0.6) is 5.75 Å². The van der Waals surface area contributed by atoms with E-state index in [0.717, 1.165) is 22.6 Å². The number of carbonyl (C=O) groups is 1. The van der Waals surface area contributed by atoms with Crippen LogP contribution in [0.15, 0.2) is 36.5 Å². The van der Waals surface area contributed by atoms with Gasteiger partial charge in [-0.2, -0.15) is 0 Å². The molecule has 0 fully saturated rings. The zero-order valence-electron chi connectivity index (χ0n) is 10.4. The number of ether oxygens (including phenoxy) is 1. The van der Waals surface area contributed by atoms with Crippen molar-refractivity contribution in [2.75, 3.05) is 7.11 Å². The van der Waals surface area contributed by atoms with Gasteiger partial charge < -0.3 is 14.4 Å². The minimum atomic E-state index is -0.852. The van der Waals surface area contributed by atoms with Gasteiger partial charge in [-0.25, -0.2) is 0 Å². The Hall–Kier alpha value is -2.23. The molecule has 1 N–H and O–H groups in total. The fraction of sp³-hybridized carbons (Fsp3) is 0.214. The number of hydrogen-bond donors (Lipinski definition) is 1. The van der Waals surface area contributed by atoms with Crippen LogP contribution in [0, 0.1) is 6.92 Å². The minimum absolute atomic E-state index is 0.0413. The fourth-order valence-electron chi connectivity index (χ4n) is 1.96. The summed E-state index contributed by atoms with van der Waals surface area (Å²) in [6, 6.07) is 9.56. The van der Waals surface area contributed by atoms with Gasteiger partial charge in [-0.05, 0) is 30.7 Å². The summed E-state index contributed by atoms with van der Waals surface area (Å²) < 4.78 is 6.91. The van der Waals surface area contributed by atoms with Crippen molar-refractivity contribution in [3.8, 4) is 17.0 Å². The maximum atomic E-state index is 10.8. The van der Waals surface area contributed by atoms with Crippen LogP contribution in [0.2, 0.25) is 0 Å². The minimum Gasteiger partial charge on any atom is -0.497 e. The molecule has 0 amide bonds. The summed E-state index contributed by atoms with van der Waals surface area (Å²) in [4.78, 5) is 10.8. The molecule has 0 aliphatic rings. The smallest absolute Gasteiger partial charge is 0.323 e. The molecule has 0 saturated heterocycles. The third kappa shape index (κ3) is 2.53. The third-order valence-electron chi connectivity index (χ3n) is 2.70. The van der Waals surface area contributed by atoms with Gasteiger partial charge in [-0.1, -0.05) is 12.1 Å². The van der Waals surface area contributed by atoms with Gasteiger partial charge in [0.15, 0.2) is 0 Å². The summed E-state index contributed by atoms with van der Waals surface area (Å²) in [5, 5.41) is 8.90. The monoisotopic (exact) mass is 245 g/mol. The first-order chi connectivity index (χ1) is 8.60. The lowest BCUT2D eigenvalue weighted by Crippen LogP contribution is -2.08. The van der Waals surface area contributed by atoms with E-state index in [2.05, 4.69) is 0 Å². The van der Waals surface area contributed by atoms with E-state index >= 15 is 0 Å².